The number of rotatable bonds is 8. The van der Waals surface area contributed by atoms with E-state index >= 15 is 0 Å². The topological polar surface area (TPSA) is 51.7 Å². The molecule has 1 unspecified atom stereocenters. The van der Waals surface area contributed by atoms with Gasteiger partial charge in [-0.1, -0.05) is 24.7 Å². The molecule has 1 atom stereocenters. The lowest BCUT2D eigenvalue weighted by molar-refractivity contribution is -0.119. The predicted octanol–water partition coefficient (Wildman–Crippen LogP) is 4.40. The van der Waals surface area contributed by atoms with E-state index in [0.29, 0.717) is 19.6 Å². The fraction of sp³-hybridized carbons (Fsp3) is 0.579. The highest BCUT2D eigenvalue weighted by Crippen LogP contribution is 2.32. The van der Waals surface area contributed by atoms with E-state index in [2.05, 4.69) is 6.92 Å². The Morgan fingerprint density at radius 1 is 1.44 bits per heavy atom. The van der Waals surface area contributed by atoms with E-state index in [4.69, 9.17) is 14.5 Å². The number of amides is 1. The first-order valence-electron chi connectivity index (χ1n) is 9.16. The van der Waals surface area contributed by atoms with Crippen LogP contribution in [0.3, 0.4) is 0 Å². The molecule has 2 heterocycles. The normalized spacial score (nSPS) is 17.1. The number of fused-ring (bicyclic) bond motifs is 1. The van der Waals surface area contributed by atoms with E-state index in [9.17, 15) is 4.79 Å². The average Bonchev–Trinajstić information content (AvgIpc) is 3.26. The number of hydrogen-bond donors (Lipinski definition) is 0. The number of nitrogens with zero attached hydrogens (tertiary/aromatic N) is 2. The largest absolute Gasteiger partial charge is 0.494 e. The molecule has 25 heavy (non-hydrogen) atoms. The van der Waals surface area contributed by atoms with Gasteiger partial charge >= 0.3 is 0 Å². The molecular formula is C19H26N2O3S. The number of carbonyl (C=O) groups excluding carboxylic acids is 1. The lowest BCUT2D eigenvalue weighted by atomic mass is 10.2. The SMILES string of the molecule is CCCCC(=O)N(CC1CCCO1)c1nc2ccc(OCC)cc2s1. The summed E-state index contributed by atoms with van der Waals surface area (Å²) >= 11 is 1.55. The van der Waals surface area contributed by atoms with Crippen LogP contribution in [0.15, 0.2) is 18.2 Å². The second-order valence-corrected chi connectivity index (χ2v) is 7.31. The summed E-state index contributed by atoms with van der Waals surface area (Å²) < 4.78 is 12.4. The Morgan fingerprint density at radius 2 is 2.32 bits per heavy atom. The van der Waals surface area contributed by atoms with Crippen LogP contribution in [0.4, 0.5) is 5.13 Å². The van der Waals surface area contributed by atoms with Gasteiger partial charge in [-0.3, -0.25) is 9.69 Å². The predicted molar refractivity (Wildman–Crippen MR) is 102 cm³/mol. The lowest BCUT2D eigenvalue weighted by Gasteiger charge is -2.23. The van der Waals surface area contributed by atoms with Crippen molar-refractivity contribution >= 4 is 32.6 Å². The number of anilines is 1. The van der Waals surface area contributed by atoms with Gasteiger partial charge in [0, 0.05) is 13.0 Å². The molecule has 6 heteroatoms. The third kappa shape index (κ3) is 4.50. The summed E-state index contributed by atoms with van der Waals surface area (Å²) in [6.45, 7) is 6.10. The molecule has 3 rings (SSSR count). The molecule has 0 bridgehead atoms. The van der Waals surface area contributed by atoms with Gasteiger partial charge in [-0.15, -0.1) is 0 Å². The molecule has 1 aromatic heterocycles. The summed E-state index contributed by atoms with van der Waals surface area (Å²) in [7, 11) is 0. The van der Waals surface area contributed by atoms with Gasteiger partial charge in [0.05, 0.1) is 29.5 Å². The Balaban J connectivity index is 1.85. The quantitative estimate of drug-likeness (QED) is 0.698. The van der Waals surface area contributed by atoms with Gasteiger partial charge in [0.2, 0.25) is 5.91 Å². The highest BCUT2D eigenvalue weighted by molar-refractivity contribution is 7.22. The van der Waals surface area contributed by atoms with Gasteiger partial charge in [0.1, 0.15) is 5.75 Å². The van der Waals surface area contributed by atoms with E-state index in [-0.39, 0.29) is 12.0 Å². The minimum atomic E-state index is 0.122. The second-order valence-electron chi connectivity index (χ2n) is 6.30. The number of thiazole rings is 1. The van der Waals surface area contributed by atoms with Crippen LogP contribution in [0.5, 0.6) is 5.75 Å². The van der Waals surface area contributed by atoms with Gasteiger partial charge in [-0.2, -0.15) is 0 Å². The first-order chi connectivity index (χ1) is 12.2. The summed E-state index contributed by atoms with van der Waals surface area (Å²) in [6.07, 6.45) is 4.67. The molecule has 2 aromatic rings. The van der Waals surface area contributed by atoms with Gasteiger partial charge in [0.15, 0.2) is 5.13 Å². The van der Waals surface area contributed by atoms with Crippen molar-refractivity contribution < 1.29 is 14.3 Å². The molecule has 0 N–H and O–H groups in total. The minimum absolute atomic E-state index is 0.122. The Labute approximate surface area is 152 Å². The van der Waals surface area contributed by atoms with Crippen molar-refractivity contribution in [3.63, 3.8) is 0 Å². The van der Waals surface area contributed by atoms with Crippen LogP contribution in [-0.4, -0.2) is 36.8 Å². The maximum Gasteiger partial charge on any atom is 0.228 e. The van der Waals surface area contributed by atoms with Crippen molar-refractivity contribution in [2.45, 2.75) is 52.1 Å². The van der Waals surface area contributed by atoms with E-state index in [1.165, 1.54) is 0 Å². The first-order valence-corrected chi connectivity index (χ1v) is 9.98. The molecule has 1 aromatic carbocycles. The van der Waals surface area contributed by atoms with Crippen LogP contribution < -0.4 is 9.64 Å². The van der Waals surface area contributed by atoms with Crippen LogP contribution in [0.1, 0.15) is 46.0 Å². The average molecular weight is 362 g/mol. The number of ether oxygens (including phenoxy) is 2. The van der Waals surface area contributed by atoms with Crippen LogP contribution >= 0.6 is 11.3 Å². The molecule has 0 radical (unpaired) electrons. The van der Waals surface area contributed by atoms with Crippen molar-refractivity contribution in [1.82, 2.24) is 4.98 Å². The molecule has 1 saturated heterocycles. The van der Waals surface area contributed by atoms with E-state index in [0.717, 1.165) is 53.4 Å². The number of benzene rings is 1. The maximum absolute atomic E-state index is 12.7. The highest BCUT2D eigenvalue weighted by Gasteiger charge is 2.25. The zero-order valence-electron chi connectivity index (χ0n) is 15.0. The third-order valence-electron chi connectivity index (χ3n) is 4.35. The van der Waals surface area contributed by atoms with Crippen molar-refractivity contribution in [3.05, 3.63) is 18.2 Å². The molecule has 0 saturated carbocycles. The second kappa shape index (κ2) is 8.63. The first kappa shape index (κ1) is 18.1. The van der Waals surface area contributed by atoms with Crippen molar-refractivity contribution in [3.8, 4) is 5.75 Å². The molecule has 1 amide bonds. The van der Waals surface area contributed by atoms with Crippen LogP contribution in [0.2, 0.25) is 0 Å². The van der Waals surface area contributed by atoms with Crippen molar-refractivity contribution in [2.24, 2.45) is 0 Å². The van der Waals surface area contributed by atoms with Gasteiger partial charge in [0.25, 0.3) is 0 Å². The Morgan fingerprint density at radius 3 is 3.04 bits per heavy atom. The number of unbranched alkanes of at least 4 members (excludes halogenated alkanes) is 1. The molecule has 1 fully saturated rings. The van der Waals surface area contributed by atoms with Crippen molar-refractivity contribution in [1.29, 1.82) is 0 Å². The zero-order valence-corrected chi connectivity index (χ0v) is 15.8. The maximum atomic E-state index is 12.7. The fourth-order valence-electron chi connectivity index (χ4n) is 3.01. The summed E-state index contributed by atoms with van der Waals surface area (Å²) in [6, 6.07) is 5.89. The Kier molecular flexibility index (Phi) is 6.26. The molecule has 1 aliphatic rings. The van der Waals surface area contributed by atoms with Gasteiger partial charge in [-0.25, -0.2) is 4.98 Å². The zero-order chi connectivity index (χ0) is 17.6. The summed E-state index contributed by atoms with van der Waals surface area (Å²) in [5, 5.41) is 0.764. The summed E-state index contributed by atoms with van der Waals surface area (Å²) in [5.74, 6) is 0.981. The Bertz CT molecular complexity index is 710. The lowest BCUT2D eigenvalue weighted by Crippen LogP contribution is -2.37. The third-order valence-corrected chi connectivity index (χ3v) is 5.39. The molecular weight excluding hydrogens is 336 g/mol. The van der Waals surface area contributed by atoms with Gasteiger partial charge < -0.3 is 9.47 Å². The van der Waals surface area contributed by atoms with E-state index in [1.807, 2.05) is 30.0 Å². The molecule has 136 valence electrons. The smallest absolute Gasteiger partial charge is 0.228 e. The molecule has 0 spiro atoms. The number of aromatic nitrogens is 1. The van der Waals surface area contributed by atoms with E-state index in [1.54, 1.807) is 11.3 Å². The van der Waals surface area contributed by atoms with Gasteiger partial charge in [-0.05, 0) is 44.4 Å². The molecule has 0 aliphatic carbocycles. The van der Waals surface area contributed by atoms with Crippen LogP contribution in [-0.2, 0) is 9.53 Å². The fourth-order valence-corrected chi connectivity index (χ4v) is 4.03. The van der Waals surface area contributed by atoms with Crippen LogP contribution in [0.25, 0.3) is 10.2 Å². The summed E-state index contributed by atoms with van der Waals surface area (Å²) in [4.78, 5) is 19.3. The monoisotopic (exact) mass is 362 g/mol. The summed E-state index contributed by atoms with van der Waals surface area (Å²) in [5.41, 5.74) is 0.907. The number of hydrogen-bond acceptors (Lipinski definition) is 5. The van der Waals surface area contributed by atoms with Crippen LogP contribution in [0, 0.1) is 0 Å². The number of carbonyl (C=O) groups is 1. The minimum Gasteiger partial charge on any atom is -0.494 e. The molecule has 1 aliphatic heterocycles. The van der Waals surface area contributed by atoms with Crippen molar-refractivity contribution in [2.75, 3.05) is 24.7 Å². The highest BCUT2D eigenvalue weighted by atomic mass is 32.1. The molecule has 5 nitrogen and oxygen atoms in total. The van der Waals surface area contributed by atoms with E-state index < -0.39 is 0 Å². The Hall–Kier alpha value is -1.66. The standard InChI is InChI=1S/C19H26N2O3S/c1-3-5-8-18(22)21(13-15-7-6-11-24-15)19-20-16-10-9-14(23-4-2)12-17(16)25-19/h9-10,12,15H,3-8,11,13H2,1-2H3.